The lowest BCUT2D eigenvalue weighted by Crippen LogP contribution is -2.40. The Bertz CT molecular complexity index is 917. The standard InChI is InChI=1S/C21H24N2O4S/c1-13(2)27-21(26)19-16-8-4-5-9-17(16)28-20(19)22-18(25)12-23-10-6-7-15(11-23)14(3)24/h6-7,10-11,13H,4-5,8-9,12H2,1-3H3/p+1. The van der Waals surface area contributed by atoms with E-state index in [1.165, 1.54) is 18.3 Å². The molecule has 148 valence electrons. The highest BCUT2D eigenvalue weighted by molar-refractivity contribution is 7.17. The molecule has 3 rings (SSSR count). The fraction of sp³-hybridized carbons (Fsp3) is 0.429. The van der Waals surface area contributed by atoms with Crippen molar-refractivity contribution < 1.29 is 23.7 Å². The lowest BCUT2D eigenvalue weighted by molar-refractivity contribution is -0.684. The third kappa shape index (κ3) is 4.65. The van der Waals surface area contributed by atoms with E-state index in [9.17, 15) is 14.4 Å². The molecule has 1 aliphatic rings. The van der Waals surface area contributed by atoms with Crippen LogP contribution in [0.15, 0.2) is 24.5 Å². The van der Waals surface area contributed by atoms with Gasteiger partial charge < -0.3 is 10.1 Å². The van der Waals surface area contributed by atoms with Crippen molar-refractivity contribution in [2.75, 3.05) is 5.32 Å². The molecule has 0 unspecified atom stereocenters. The quantitative estimate of drug-likeness (QED) is 0.458. The molecule has 28 heavy (non-hydrogen) atoms. The van der Waals surface area contributed by atoms with E-state index in [0.29, 0.717) is 16.1 Å². The molecular formula is C21H25N2O4S+. The van der Waals surface area contributed by atoms with Crippen LogP contribution in [0.2, 0.25) is 0 Å². The number of aryl methyl sites for hydroxylation is 1. The number of amides is 1. The molecule has 2 aromatic heterocycles. The zero-order valence-corrected chi connectivity index (χ0v) is 17.2. The summed E-state index contributed by atoms with van der Waals surface area (Å²) < 4.78 is 7.08. The fourth-order valence-electron chi connectivity index (χ4n) is 3.30. The number of fused-ring (bicyclic) bond motifs is 1. The number of esters is 1. The van der Waals surface area contributed by atoms with Crippen molar-refractivity contribution in [3.8, 4) is 0 Å². The van der Waals surface area contributed by atoms with Crippen LogP contribution >= 0.6 is 11.3 Å². The maximum absolute atomic E-state index is 12.7. The molecular weight excluding hydrogens is 376 g/mol. The first-order valence-corrected chi connectivity index (χ1v) is 10.3. The number of ether oxygens (including phenoxy) is 1. The minimum Gasteiger partial charge on any atom is -0.459 e. The van der Waals surface area contributed by atoms with Crippen LogP contribution in [0.5, 0.6) is 0 Å². The van der Waals surface area contributed by atoms with Crippen LogP contribution in [0.25, 0.3) is 0 Å². The van der Waals surface area contributed by atoms with Gasteiger partial charge in [0.25, 0.3) is 5.91 Å². The van der Waals surface area contributed by atoms with Crippen molar-refractivity contribution in [2.45, 2.75) is 59.1 Å². The first kappa shape index (κ1) is 20.2. The summed E-state index contributed by atoms with van der Waals surface area (Å²) in [6, 6.07) is 3.45. The Hall–Kier alpha value is -2.54. The third-order valence-electron chi connectivity index (χ3n) is 4.56. The number of Topliss-reactive ketones (excluding diaryl/α,β-unsaturated/α-hetero) is 1. The molecule has 0 fully saturated rings. The predicted molar refractivity (Wildman–Crippen MR) is 107 cm³/mol. The number of hydrogen-bond donors (Lipinski definition) is 1. The van der Waals surface area contributed by atoms with E-state index in [2.05, 4.69) is 5.32 Å². The van der Waals surface area contributed by atoms with Crippen molar-refractivity contribution >= 4 is 34.0 Å². The molecule has 0 saturated carbocycles. The van der Waals surface area contributed by atoms with Crippen molar-refractivity contribution in [1.82, 2.24) is 0 Å². The molecule has 1 N–H and O–H groups in total. The zero-order valence-electron chi connectivity index (χ0n) is 16.4. The molecule has 0 radical (unpaired) electrons. The Morgan fingerprint density at radius 3 is 2.71 bits per heavy atom. The van der Waals surface area contributed by atoms with Gasteiger partial charge in [-0.2, -0.15) is 4.57 Å². The number of carbonyl (C=O) groups is 3. The van der Waals surface area contributed by atoms with Crippen LogP contribution in [0.3, 0.4) is 0 Å². The van der Waals surface area contributed by atoms with Crippen LogP contribution in [-0.2, 0) is 28.9 Å². The molecule has 0 spiro atoms. The Kier molecular flexibility index (Phi) is 6.24. The SMILES string of the molecule is CC(=O)c1ccc[n+](CC(=O)Nc2sc3c(c2C(=O)OC(C)C)CCCC3)c1. The maximum atomic E-state index is 12.7. The number of aromatic nitrogens is 1. The number of carbonyl (C=O) groups excluding carboxylic acids is 3. The average molecular weight is 402 g/mol. The minimum absolute atomic E-state index is 0.0561. The van der Waals surface area contributed by atoms with Gasteiger partial charge in [-0.05, 0) is 58.1 Å². The summed E-state index contributed by atoms with van der Waals surface area (Å²) in [5.41, 5.74) is 2.07. The van der Waals surface area contributed by atoms with Crippen LogP contribution in [0.1, 0.15) is 64.8 Å². The van der Waals surface area contributed by atoms with Crippen LogP contribution in [0, 0.1) is 0 Å². The molecule has 2 aromatic rings. The molecule has 7 heteroatoms. The smallest absolute Gasteiger partial charge is 0.341 e. The van der Waals surface area contributed by atoms with Gasteiger partial charge in [0.05, 0.1) is 17.2 Å². The Balaban J connectivity index is 1.82. The highest BCUT2D eigenvalue weighted by Gasteiger charge is 2.28. The number of rotatable bonds is 6. The number of anilines is 1. The monoisotopic (exact) mass is 401 g/mol. The summed E-state index contributed by atoms with van der Waals surface area (Å²) in [7, 11) is 0. The van der Waals surface area contributed by atoms with E-state index in [4.69, 9.17) is 4.74 Å². The van der Waals surface area contributed by atoms with Crippen molar-refractivity contribution in [1.29, 1.82) is 0 Å². The van der Waals surface area contributed by atoms with Crippen molar-refractivity contribution in [3.05, 3.63) is 46.1 Å². The zero-order chi connectivity index (χ0) is 20.3. The molecule has 6 nitrogen and oxygen atoms in total. The van der Waals surface area contributed by atoms with Gasteiger partial charge in [-0.1, -0.05) is 0 Å². The highest BCUT2D eigenvalue weighted by atomic mass is 32.1. The van der Waals surface area contributed by atoms with Gasteiger partial charge in [0.1, 0.15) is 5.00 Å². The van der Waals surface area contributed by atoms with E-state index in [-0.39, 0.29) is 30.3 Å². The van der Waals surface area contributed by atoms with E-state index >= 15 is 0 Å². The van der Waals surface area contributed by atoms with Gasteiger partial charge in [-0.15, -0.1) is 11.3 Å². The third-order valence-corrected chi connectivity index (χ3v) is 5.77. The predicted octanol–water partition coefficient (Wildman–Crippen LogP) is 3.32. The van der Waals surface area contributed by atoms with E-state index < -0.39 is 0 Å². The van der Waals surface area contributed by atoms with E-state index in [1.807, 2.05) is 13.8 Å². The summed E-state index contributed by atoms with van der Waals surface area (Å²) in [5, 5.41) is 3.45. The number of thiophene rings is 1. The average Bonchev–Trinajstić information content (AvgIpc) is 2.98. The molecule has 0 saturated heterocycles. The van der Waals surface area contributed by atoms with Crippen LogP contribution in [-0.4, -0.2) is 23.8 Å². The number of nitrogens with one attached hydrogen (secondary N) is 1. The second-order valence-electron chi connectivity index (χ2n) is 7.24. The van der Waals surface area contributed by atoms with Gasteiger partial charge in [-0.25, -0.2) is 4.79 Å². The number of nitrogens with zero attached hydrogens (tertiary/aromatic N) is 1. The second-order valence-corrected chi connectivity index (χ2v) is 8.34. The topological polar surface area (TPSA) is 76.4 Å². The molecule has 0 aromatic carbocycles. The molecule has 0 atom stereocenters. The molecule has 0 aliphatic heterocycles. The lowest BCUT2D eigenvalue weighted by atomic mass is 9.95. The molecule has 1 aliphatic carbocycles. The minimum atomic E-state index is -0.379. The molecule has 1 amide bonds. The number of ketones is 1. The maximum Gasteiger partial charge on any atom is 0.341 e. The summed E-state index contributed by atoms with van der Waals surface area (Å²) in [6.45, 7) is 5.17. The number of pyridine rings is 1. The van der Waals surface area contributed by atoms with Crippen molar-refractivity contribution in [3.63, 3.8) is 0 Å². The van der Waals surface area contributed by atoms with Crippen molar-refractivity contribution in [2.24, 2.45) is 0 Å². The van der Waals surface area contributed by atoms with E-state index in [1.54, 1.807) is 29.1 Å². The first-order chi connectivity index (χ1) is 13.3. The fourth-order valence-corrected chi connectivity index (χ4v) is 4.60. The van der Waals surface area contributed by atoms with Gasteiger partial charge in [-0.3, -0.25) is 9.59 Å². The summed E-state index contributed by atoms with van der Waals surface area (Å²) in [6.07, 6.45) is 7.04. The second kappa shape index (κ2) is 8.65. The summed E-state index contributed by atoms with van der Waals surface area (Å²) in [4.78, 5) is 38.0. The van der Waals surface area contributed by atoms with Gasteiger partial charge >= 0.3 is 5.97 Å². The van der Waals surface area contributed by atoms with E-state index in [0.717, 1.165) is 36.1 Å². The normalized spacial score (nSPS) is 13.1. The summed E-state index contributed by atoms with van der Waals surface area (Å²) >= 11 is 1.47. The highest BCUT2D eigenvalue weighted by Crippen LogP contribution is 2.38. The van der Waals surface area contributed by atoms with Gasteiger partial charge in [0.2, 0.25) is 6.54 Å². The Morgan fingerprint density at radius 1 is 1.25 bits per heavy atom. The van der Waals surface area contributed by atoms with Gasteiger partial charge in [0.15, 0.2) is 18.2 Å². The Morgan fingerprint density at radius 2 is 2.00 bits per heavy atom. The van der Waals surface area contributed by atoms with Gasteiger partial charge in [0, 0.05) is 10.9 Å². The Labute approximate surface area is 168 Å². The first-order valence-electron chi connectivity index (χ1n) is 9.50. The number of hydrogen-bond acceptors (Lipinski definition) is 5. The van der Waals surface area contributed by atoms with Crippen LogP contribution in [0.4, 0.5) is 5.00 Å². The van der Waals surface area contributed by atoms with Crippen LogP contribution < -0.4 is 9.88 Å². The molecule has 0 bridgehead atoms. The largest absolute Gasteiger partial charge is 0.459 e. The molecule has 2 heterocycles. The lowest BCUT2D eigenvalue weighted by Gasteiger charge is -2.14. The summed E-state index contributed by atoms with van der Waals surface area (Å²) in [5.74, 6) is -0.682.